The van der Waals surface area contributed by atoms with Gasteiger partial charge >= 0.3 is 0 Å². The van der Waals surface area contributed by atoms with E-state index < -0.39 is 22.0 Å². The normalized spacial score (nSPS) is 18.8. The molecule has 0 spiro atoms. The Morgan fingerprint density at radius 3 is 2.77 bits per heavy atom. The van der Waals surface area contributed by atoms with E-state index in [0.717, 1.165) is 0 Å². The zero-order valence-electron chi connectivity index (χ0n) is 16.9. The van der Waals surface area contributed by atoms with E-state index in [-0.39, 0.29) is 42.1 Å². The molecule has 2 aliphatic heterocycles. The first-order valence-electron chi connectivity index (χ1n) is 9.87. The van der Waals surface area contributed by atoms with Gasteiger partial charge in [0.2, 0.25) is 15.9 Å². The number of fused-ring (bicyclic) bond motifs is 1. The maximum absolute atomic E-state index is 13.4. The van der Waals surface area contributed by atoms with Gasteiger partial charge in [0, 0.05) is 19.2 Å². The van der Waals surface area contributed by atoms with Crippen molar-refractivity contribution in [1.82, 2.24) is 9.62 Å². The molecule has 8 nitrogen and oxygen atoms in total. The van der Waals surface area contributed by atoms with Crippen molar-refractivity contribution in [2.45, 2.75) is 37.2 Å². The van der Waals surface area contributed by atoms with E-state index in [0.29, 0.717) is 29.7 Å². The summed E-state index contributed by atoms with van der Waals surface area (Å²) in [5, 5.41) is 5.40. The molecular formula is C21H22FN3O5S. The number of aryl methyl sites for hydroxylation is 1. The van der Waals surface area contributed by atoms with Gasteiger partial charge in [-0.05, 0) is 49.1 Å². The lowest BCUT2D eigenvalue weighted by Gasteiger charge is -2.26. The number of sulfonamides is 1. The van der Waals surface area contributed by atoms with Crippen LogP contribution in [0.1, 0.15) is 24.0 Å². The van der Waals surface area contributed by atoms with Crippen molar-refractivity contribution >= 4 is 27.5 Å². The molecule has 2 aromatic carbocycles. The van der Waals surface area contributed by atoms with E-state index in [1.54, 1.807) is 25.1 Å². The van der Waals surface area contributed by atoms with Gasteiger partial charge in [0.1, 0.15) is 17.6 Å². The van der Waals surface area contributed by atoms with E-state index in [2.05, 4.69) is 10.6 Å². The predicted octanol–water partition coefficient (Wildman–Crippen LogP) is 1.93. The summed E-state index contributed by atoms with van der Waals surface area (Å²) in [5.41, 5.74) is 1.58. The summed E-state index contributed by atoms with van der Waals surface area (Å²) < 4.78 is 46.4. The minimum atomic E-state index is -3.97. The van der Waals surface area contributed by atoms with E-state index in [9.17, 15) is 22.4 Å². The van der Waals surface area contributed by atoms with Crippen LogP contribution in [0.4, 0.5) is 10.1 Å². The molecule has 2 aliphatic rings. The Labute approximate surface area is 179 Å². The van der Waals surface area contributed by atoms with Gasteiger partial charge in [0.05, 0.1) is 10.6 Å². The van der Waals surface area contributed by atoms with Crippen LogP contribution < -0.4 is 15.4 Å². The lowest BCUT2D eigenvalue weighted by Crippen LogP contribution is -2.45. The molecule has 1 unspecified atom stereocenters. The van der Waals surface area contributed by atoms with Crippen molar-refractivity contribution in [1.29, 1.82) is 0 Å². The van der Waals surface area contributed by atoms with Gasteiger partial charge in [-0.1, -0.05) is 12.1 Å². The average Bonchev–Trinajstić information content (AvgIpc) is 3.23. The highest BCUT2D eigenvalue weighted by Crippen LogP contribution is 2.36. The summed E-state index contributed by atoms with van der Waals surface area (Å²) in [6, 6.07) is 7.85. The van der Waals surface area contributed by atoms with Crippen LogP contribution in [0.5, 0.6) is 5.75 Å². The fourth-order valence-electron chi connectivity index (χ4n) is 3.82. The lowest BCUT2D eigenvalue weighted by molar-refractivity contribution is -0.124. The zero-order valence-corrected chi connectivity index (χ0v) is 17.7. The number of benzene rings is 2. The molecule has 2 heterocycles. The number of hydrogen-bond donors (Lipinski definition) is 2. The van der Waals surface area contributed by atoms with Crippen LogP contribution >= 0.6 is 0 Å². The van der Waals surface area contributed by atoms with E-state index in [4.69, 9.17) is 4.74 Å². The van der Waals surface area contributed by atoms with Crippen molar-refractivity contribution in [3.05, 3.63) is 53.3 Å². The van der Waals surface area contributed by atoms with Crippen LogP contribution in [0.15, 0.2) is 41.3 Å². The van der Waals surface area contributed by atoms with Gasteiger partial charge < -0.3 is 15.4 Å². The quantitative estimate of drug-likeness (QED) is 0.729. The maximum Gasteiger partial charge on any atom is 0.262 e. The summed E-state index contributed by atoms with van der Waals surface area (Å²) in [6.07, 6.45) is 0.968. The predicted molar refractivity (Wildman–Crippen MR) is 110 cm³/mol. The molecule has 0 bridgehead atoms. The SMILES string of the molecule is Cc1cc2c(cc1S(=O)(=O)N1CCCC1C(=O)NCc1ccc(F)cc1)OCC(=O)N2. The molecule has 2 aromatic rings. The van der Waals surface area contributed by atoms with Crippen LogP contribution in [0, 0.1) is 12.7 Å². The Morgan fingerprint density at radius 2 is 2.03 bits per heavy atom. The van der Waals surface area contributed by atoms with Gasteiger partial charge in [-0.25, -0.2) is 12.8 Å². The van der Waals surface area contributed by atoms with Gasteiger partial charge in [-0.2, -0.15) is 4.31 Å². The molecule has 2 amide bonds. The fraction of sp³-hybridized carbons (Fsp3) is 0.333. The van der Waals surface area contributed by atoms with Crippen LogP contribution in [0.3, 0.4) is 0 Å². The van der Waals surface area contributed by atoms with E-state index in [1.807, 2.05) is 0 Å². The monoisotopic (exact) mass is 447 g/mol. The maximum atomic E-state index is 13.4. The molecule has 2 N–H and O–H groups in total. The van der Waals surface area contributed by atoms with Crippen molar-refractivity contribution in [3.8, 4) is 5.75 Å². The molecule has 0 radical (unpaired) electrons. The number of halogens is 1. The molecule has 0 aliphatic carbocycles. The van der Waals surface area contributed by atoms with E-state index >= 15 is 0 Å². The number of hydrogen-bond acceptors (Lipinski definition) is 5. The third-order valence-electron chi connectivity index (χ3n) is 5.38. The number of carbonyl (C=O) groups excluding carboxylic acids is 2. The third-order valence-corrected chi connectivity index (χ3v) is 7.43. The van der Waals surface area contributed by atoms with Crippen LogP contribution in [0.25, 0.3) is 0 Å². The van der Waals surface area contributed by atoms with Crippen molar-refractivity contribution in [3.63, 3.8) is 0 Å². The Bertz CT molecular complexity index is 1130. The second-order valence-electron chi connectivity index (χ2n) is 7.57. The average molecular weight is 447 g/mol. The van der Waals surface area contributed by atoms with Crippen molar-refractivity contribution < 1.29 is 27.1 Å². The Hall–Kier alpha value is -2.98. The number of ether oxygens (including phenoxy) is 1. The van der Waals surface area contributed by atoms with Crippen LogP contribution in [-0.2, 0) is 26.2 Å². The topological polar surface area (TPSA) is 105 Å². The number of rotatable bonds is 5. The molecule has 10 heteroatoms. The van der Waals surface area contributed by atoms with Crippen molar-refractivity contribution in [2.75, 3.05) is 18.5 Å². The van der Waals surface area contributed by atoms with Gasteiger partial charge in [0.25, 0.3) is 5.91 Å². The molecule has 0 saturated carbocycles. The summed E-state index contributed by atoms with van der Waals surface area (Å²) in [4.78, 5) is 24.3. The number of nitrogens with one attached hydrogen (secondary N) is 2. The Kier molecular flexibility index (Phi) is 5.67. The molecule has 164 valence electrons. The number of anilines is 1. The summed E-state index contributed by atoms with van der Waals surface area (Å²) in [6.45, 7) is 1.85. The molecule has 31 heavy (non-hydrogen) atoms. The first kappa shape index (κ1) is 21.3. The van der Waals surface area contributed by atoms with Crippen molar-refractivity contribution in [2.24, 2.45) is 0 Å². The zero-order chi connectivity index (χ0) is 22.2. The second-order valence-corrected chi connectivity index (χ2v) is 9.43. The smallest absolute Gasteiger partial charge is 0.262 e. The van der Waals surface area contributed by atoms with Crippen LogP contribution in [0.2, 0.25) is 0 Å². The van der Waals surface area contributed by atoms with E-state index in [1.165, 1.54) is 22.5 Å². The fourth-order valence-corrected chi connectivity index (χ4v) is 5.70. The molecule has 1 atom stereocenters. The minimum Gasteiger partial charge on any atom is -0.482 e. The summed E-state index contributed by atoms with van der Waals surface area (Å²) in [5.74, 6) is -0.795. The largest absolute Gasteiger partial charge is 0.482 e. The Morgan fingerprint density at radius 1 is 1.29 bits per heavy atom. The molecular weight excluding hydrogens is 425 g/mol. The molecule has 0 aromatic heterocycles. The molecule has 1 saturated heterocycles. The summed E-state index contributed by atoms with van der Waals surface area (Å²) >= 11 is 0. The number of amides is 2. The number of nitrogens with zero attached hydrogens (tertiary/aromatic N) is 1. The van der Waals surface area contributed by atoms with Gasteiger partial charge in [-0.3, -0.25) is 9.59 Å². The Balaban J connectivity index is 1.54. The standard InChI is InChI=1S/C21H22FN3O5S/c1-13-9-16-18(30-12-20(26)24-16)10-19(13)31(28,29)25-8-2-3-17(25)21(27)23-11-14-4-6-15(22)7-5-14/h4-7,9-10,17H,2-3,8,11-12H2,1H3,(H,23,27)(H,24,26). The third kappa shape index (κ3) is 4.26. The highest BCUT2D eigenvalue weighted by atomic mass is 32.2. The molecule has 1 fully saturated rings. The summed E-state index contributed by atoms with van der Waals surface area (Å²) in [7, 11) is -3.97. The highest BCUT2D eigenvalue weighted by Gasteiger charge is 2.40. The lowest BCUT2D eigenvalue weighted by atomic mass is 10.2. The number of carbonyl (C=O) groups is 2. The van der Waals surface area contributed by atoms with Crippen LogP contribution in [-0.4, -0.2) is 43.7 Å². The minimum absolute atomic E-state index is 0.0423. The first-order valence-corrected chi connectivity index (χ1v) is 11.3. The van der Waals surface area contributed by atoms with Gasteiger partial charge in [-0.15, -0.1) is 0 Å². The second kappa shape index (κ2) is 8.27. The van der Waals surface area contributed by atoms with Gasteiger partial charge in [0.15, 0.2) is 6.61 Å². The first-order chi connectivity index (χ1) is 14.8. The molecule has 4 rings (SSSR count). The highest BCUT2D eigenvalue weighted by molar-refractivity contribution is 7.89.